The Morgan fingerprint density at radius 3 is 2.52 bits per heavy atom. The average Bonchev–Trinajstić information content (AvgIpc) is 3.18. The molecule has 1 aromatic carbocycles. The molecule has 0 saturated carbocycles. The van der Waals surface area contributed by atoms with Crippen molar-refractivity contribution in [1.29, 1.82) is 5.26 Å². The van der Waals surface area contributed by atoms with Crippen LogP contribution in [-0.2, 0) is 16.6 Å². The van der Waals surface area contributed by atoms with Crippen LogP contribution in [0.2, 0.25) is 0 Å². The van der Waals surface area contributed by atoms with Crippen molar-refractivity contribution in [1.82, 2.24) is 9.21 Å². The Bertz CT molecular complexity index is 897. The number of carbonyl (C=O) groups is 1. The first-order chi connectivity index (χ1) is 12.9. The van der Waals surface area contributed by atoms with Crippen LogP contribution in [0.3, 0.4) is 0 Å². The largest absolute Gasteiger partial charge is 0.467 e. The molecule has 0 fully saturated rings. The van der Waals surface area contributed by atoms with Crippen LogP contribution in [0.15, 0.2) is 52.0 Å². The summed E-state index contributed by atoms with van der Waals surface area (Å²) in [7, 11) is -3.66. The molecule has 27 heavy (non-hydrogen) atoms. The van der Waals surface area contributed by atoms with E-state index in [0.29, 0.717) is 18.8 Å². The van der Waals surface area contributed by atoms with Crippen LogP contribution in [-0.4, -0.2) is 43.2 Å². The van der Waals surface area contributed by atoms with Crippen molar-refractivity contribution in [3.63, 3.8) is 0 Å². The maximum atomic E-state index is 12.9. The lowest BCUT2D eigenvalue weighted by Crippen LogP contribution is -2.32. The molecule has 0 spiro atoms. The summed E-state index contributed by atoms with van der Waals surface area (Å²) >= 11 is 0. The zero-order valence-electron chi connectivity index (χ0n) is 15.5. The van der Waals surface area contributed by atoms with Gasteiger partial charge in [-0.05, 0) is 30.3 Å². The summed E-state index contributed by atoms with van der Waals surface area (Å²) in [6.07, 6.45) is 1.68. The van der Waals surface area contributed by atoms with E-state index in [1.54, 1.807) is 38.1 Å². The third kappa shape index (κ3) is 4.96. The van der Waals surface area contributed by atoms with Crippen molar-refractivity contribution < 1.29 is 17.6 Å². The fourth-order valence-corrected chi connectivity index (χ4v) is 4.22. The molecule has 2 rings (SSSR count). The number of sulfonamides is 1. The highest BCUT2D eigenvalue weighted by Gasteiger charge is 2.24. The summed E-state index contributed by atoms with van der Waals surface area (Å²) in [6, 6.07) is 11.5. The Labute approximate surface area is 159 Å². The smallest absolute Gasteiger partial charge is 0.254 e. The molecule has 0 atom stereocenters. The molecule has 0 aliphatic carbocycles. The first kappa shape index (κ1) is 20.7. The predicted molar refractivity (Wildman–Crippen MR) is 100 cm³/mol. The van der Waals surface area contributed by atoms with E-state index in [2.05, 4.69) is 0 Å². The Balaban J connectivity index is 2.32. The van der Waals surface area contributed by atoms with Crippen LogP contribution in [0.4, 0.5) is 0 Å². The third-order valence-electron chi connectivity index (χ3n) is 4.13. The molecule has 1 aromatic heterocycles. The number of hydrogen-bond donors (Lipinski definition) is 0. The number of amides is 1. The lowest BCUT2D eigenvalue weighted by atomic mass is 10.2. The molecular formula is C19H23N3O4S. The van der Waals surface area contributed by atoms with Gasteiger partial charge in [-0.25, -0.2) is 8.42 Å². The SMILES string of the molecule is CCN(CC)S(=O)(=O)c1cccc(C(=O)N(CCC#N)Cc2ccco2)c1. The van der Waals surface area contributed by atoms with E-state index in [9.17, 15) is 13.2 Å². The maximum Gasteiger partial charge on any atom is 0.254 e. The predicted octanol–water partition coefficient (Wildman–Crippen LogP) is 2.87. The van der Waals surface area contributed by atoms with Gasteiger partial charge in [0.25, 0.3) is 5.91 Å². The molecule has 0 unspecified atom stereocenters. The highest BCUT2D eigenvalue weighted by atomic mass is 32.2. The molecule has 0 bridgehead atoms. The summed E-state index contributed by atoms with van der Waals surface area (Å²) in [4.78, 5) is 14.5. The molecular weight excluding hydrogens is 366 g/mol. The lowest BCUT2D eigenvalue weighted by Gasteiger charge is -2.22. The van der Waals surface area contributed by atoms with Gasteiger partial charge < -0.3 is 9.32 Å². The summed E-state index contributed by atoms with van der Waals surface area (Å²) in [5.74, 6) is 0.242. The van der Waals surface area contributed by atoms with E-state index in [4.69, 9.17) is 9.68 Å². The van der Waals surface area contributed by atoms with Gasteiger partial charge in [0.05, 0.1) is 30.2 Å². The monoisotopic (exact) mass is 389 g/mol. The van der Waals surface area contributed by atoms with Gasteiger partial charge in [0.15, 0.2) is 0 Å². The van der Waals surface area contributed by atoms with Crippen molar-refractivity contribution in [2.24, 2.45) is 0 Å². The Morgan fingerprint density at radius 1 is 1.19 bits per heavy atom. The molecule has 0 radical (unpaired) electrons. The molecule has 0 aliphatic heterocycles. The maximum absolute atomic E-state index is 12.9. The molecule has 1 amide bonds. The van der Waals surface area contributed by atoms with E-state index < -0.39 is 10.0 Å². The number of benzene rings is 1. The lowest BCUT2D eigenvalue weighted by molar-refractivity contribution is 0.0735. The number of nitrogens with zero attached hydrogens (tertiary/aromatic N) is 3. The third-order valence-corrected chi connectivity index (χ3v) is 6.18. The van der Waals surface area contributed by atoms with Gasteiger partial charge in [0.1, 0.15) is 5.76 Å². The molecule has 144 valence electrons. The van der Waals surface area contributed by atoms with Gasteiger partial charge >= 0.3 is 0 Å². The Morgan fingerprint density at radius 2 is 1.93 bits per heavy atom. The second kappa shape index (κ2) is 9.35. The first-order valence-electron chi connectivity index (χ1n) is 8.72. The first-order valence-corrected chi connectivity index (χ1v) is 10.2. The number of carbonyl (C=O) groups excluding carboxylic acids is 1. The molecule has 0 aliphatic rings. The number of hydrogen-bond acceptors (Lipinski definition) is 5. The second-order valence-electron chi connectivity index (χ2n) is 5.83. The topological polar surface area (TPSA) is 94.6 Å². The summed E-state index contributed by atoms with van der Waals surface area (Å²) in [5, 5.41) is 8.86. The van der Waals surface area contributed by atoms with Gasteiger partial charge in [-0.3, -0.25) is 4.79 Å². The van der Waals surface area contributed by atoms with Crippen LogP contribution < -0.4 is 0 Å². The van der Waals surface area contributed by atoms with E-state index in [1.807, 2.05) is 6.07 Å². The van der Waals surface area contributed by atoms with Crippen molar-refractivity contribution in [2.45, 2.75) is 31.7 Å². The molecule has 0 saturated heterocycles. The minimum Gasteiger partial charge on any atom is -0.467 e. The Hall–Kier alpha value is -2.63. The fraction of sp³-hybridized carbons (Fsp3) is 0.368. The van der Waals surface area contributed by atoms with Crippen LogP contribution in [0.25, 0.3) is 0 Å². The van der Waals surface area contributed by atoms with Crippen LogP contribution >= 0.6 is 0 Å². The zero-order chi connectivity index (χ0) is 19.9. The molecule has 1 heterocycles. The standard InChI is InChI=1S/C19H23N3O4S/c1-3-22(4-2)27(24,25)18-10-5-8-16(14-18)19(23)21(12-7-11-20)15-17-9-6-13-26-17/h5-6,8-10,13-14H,3-4,7,12,15H2,1-2H3. The summed E-state index contributed by atoms with van der Waals surface area (Å²) in [5.41, 5.74) is 0.257. The molecule has 2 aromatic rings. The van der Waals surface area contributed by atoms with Gasteiger partial charge in [-0.1, -0.05) is 19.9 Å². The van der Waals surface area contributed by atoms with E-state index >= 15 is 0 Å². The highest BCUT2D eigenvalue weighted by molar-refractivity contribution is 7.89. The van der Waals surface area contributed by atoms with Crippen molar-refractivity contribution >= 4 is 15.9 Å². The van der Waals surface area contributed by atoms with Gasteiger partial charge in [0.2, 0.25) is 10.0 Å². The summed E-state index contributed by atoms with van der Waals surface area (Å²) in [6.45, 7) is 4.67. The number of furan rings is 1. The number of nitriles is 1. The van der Waals surface area contributed by atoms with Crippen LogP contribution in [0.1, 0.15) is 36.4 Å². The molecule has 8 heteroatoms. The van der Waals surface area contributed by atoms with Crippen molar-refractivity contribution in [3.8, 4) is 6.07 Å². The zero-order valence-corrected chi connectivity index (χ0v) is 16.3. The van der Waals surface area contributed by atoms with E-state index in [0.717, 1.165) is 0 Å². The minimum atomic E-state index is -3.66. The van der Waals surface area contributed by atoms with Crippen LogP contribution in [0.5, 0.6) is 0 Å². The molecule has 7 nitrogen and oxygen atoms in total. The summed E-state index contributed by atoms with van der Waals surface area (Å²) < 4.78 is 32.1. The van der Waals surface area contributed by atoms with Gasteiger partial charge in [-0.2, -0.15) is 9.57 Å². The highest BCUT2D eigenvalue weighted by Crippen LogP contribution is 2.19. The van der Waals surface area contributed by atoms with Gasteiger partial charge in [0, 0.05) is 25.2 Å². The van der Waals surface area contributed by atoms with E-state index in [1.165, 1.54) is 27.6 Å². The second-order valence-corrected chi connectivity index (χ2v) is 7.77. The van der Waals surface area contributed by atoms with Crippen LogP contribution in [0, 0.1) is 11.3 Å². The quantitative estimate of drug-likeness (QED) is 0.657. The van der Waals surface area contributed by atoms with Gasteiger partial charge in [-0.15, -0.1) is 0 Å². The Kier molecular flexibility index (Phi) is 7.16. The molecule has 0 N–H and O–H groups in total. The number of rotatable bonds is 9. The van der Waals surface area contributed by atoms with Crippen molar-refractivity contribution in [3.05, 3.63) is 54.0 Å². The van der Waals surface area contributed by atoms with E-state index in [-0.39, 0.29) is 35.9 Å². The average molecular weight is 389 g/mol. The van der Waals surface area contributed by atoms with Crippen molar-refractivity contribution in [2.75, 3.05) is 19.6 Å². The fourth-order valence-electron chi connectivity index (χ4n) is 2.71. The minimum absolute atomic E-state index is 0.0790. The normalized spacial score (nSPS) is 11.3.